The molecule has 0 spiro atoms. The van der Waals surface area contributed by atoms with E-state index in [1.165, 1.54) is 4.90 Å². The summed E-state index contributed by atoms with van der Waals surface area (Å²) >= 11 is 0. The number of pyridine rings is 1. The Balaban J connectivity index is 1.44. The zero-order valence-corrected chi connectivity index (χ0v) is 13.7. The lowest BCUT2D eigenvalue weighted by Gasteiger charge is -2.13. The Bertz CT molecular complexity index is 1010. The number of imide groups is 1. The normalized spacial score (nSPS) is 13.9. The molecule has 0 bridgehead atoms. The van der Waals surface area contributed by atoms with E-state index >= 15 is 0 Å². The molecule has 4 amide bonds. The summed E-state index contributed by atoms with van der Waals surface area (Å²) in [5, 5.41) is 9.26. The summed E-state index contributed by atoms with van der Waals surface area (Å²) in [5.74, 6) is -0.564. The van der Waals surface area contributed by atoms with Gasteiger partial charge in [-0.1, -0.05) is 6.07 Å². The molecule has 3 aromatic rings. The van der Waals surface area contributed by atoms with E-state index < -0.39 is 6.03 Å². The van der Waals surface area contributed by atoms with E-state index in [0.29, 0.717) is 17.8 Å². The molecule has 0 atom stereocenters. The lowest BCUT2D eigenvalue weighted by Crippen LogP contribution is -2.28. The summed E-state index contributed by atoms with van der Waals surface area (Å²) in [4.78, 5) is 36.6. The highest BCUT2D eigenvalue weighted by Crippen LogP contribution is 2.18. The second kappa shape index (κ2) is 6.32. The van der Waals surface area contributed by atoms with Crippen molar-refractivity contribution >= 4 is 29.0 Å². The van der Waals surface area contributed by atoms with E-state index in [9.17, 15) is 14.4 Å². The molecular weight excluding hydrogens is 334 g/mol. The van der Waals surface area contributed by atoms with Gasteiger partial charge in [0.1, 0.15) is 6.54 Å². The number of urea groups is 1. The molecule has 8 heteroatoms. The van der Waals surface area contributed by atoms with Crippen LogP contribution >= 0.6 is 0 Å². The van der Waals surface area contributed by atoms with E-state index in [-0.39, 0.29) is 18.4 Å². The summed E-state index contributed by atoms with van der Waals surface area (Å²) in [6.45, 7) is 0.360. The van der Waals surface area contributed by atoms with Gasteiger partial charge in [-0.05, 0) is 42.0 Å². The number of fused-ring (bicyclic) bond motifs is 1. The molecule has 1 aromatic carbocycles. The van der Waals surface area contributed by atoms with Crippen LogP contribution in [0, 0.1) is 0 Å². The van der Waals surface area contributed by atoms with Gasteiger partial charge in [-0.3, -0.25) is 19.8 Å². The number of hydrogen-bond acceptors (Lipinski definition) is 4. The maximum atomic E-state index is 12.4. The first-order chi connectivity index (χ1) is 12.6. The number of nitrogens with zero attached hydrogens (tertiary/aromatic N) is 3. The summed E-state index contributed by atoms with van der Waals surface area (Å²) in [5.41, 5.74) is 2.93. The zero-order chi connectivity index (χ0) is 18.1. The largest absolute Gasteiger partial charge is 0.348 e. The average molecular weight is 349 g/mol. The summed E-state index contributed by atoms with van der Waals surface area (Å²) in [6, 6.07) is 11.8. The highest BCUT2D eigenvalue weighted by Gasteiger charge is 2.27. The third kappa shape index (κ3) is 2.88. The van der Waals surface area contributed by atoms with Crippen molar-refractivity contribution in [1.29, 1.82) is 0 Å². The Hall–Kier alpha value is -3.68. The first-order valence-electron chi connectivity index (χ1n) is 8.03. The van der Waals surface area contributed by atoms with Crippen molar-refractivity contribution in [2.75, 3.05) is 11.4 Å². The minimum absolute atomic E-state index is 0.0142. The van der Waals surface area contributed by atoms with Gasteiger partial charge in [0.25, 0.3) is 5.91 Å². The first-order valence-corrected chi connectivity index (χ1v) is 8.03. The van der Waals surface area contributed by atoms with Gasteiger partial charge < -0.3 is 5.32 Å². The SMILES string of the molecule is O=C1CN(c2ccc(C(=O)NCc3cccn4nccc34)cc2)C(=O)N1. The number of amides is 4. The van der Waals surface area contributed by atoms with E-state index in [1.807, 2.05) is 24.4 Å². The van der Waals surface area contributed by atoms with Gasteiger partial charge in [-0.2, -0.15) is 5.10 Å². The molecule has 0 saturated carbocycles. The minimum Gasteiger partial charge on any atom is -0.348 e. The number of benzene rings is 1. The molecule has 2 aromatic heterocycles. The van der Waals surface area contributed by atoms with Crippen LogP contribution in [0.2, 0.25) is 0 Å². The highest BCUT2D eigenvalue weighted by atomic mass is 16.2. The van der Waals surface area contributed by atoms with E-state index in [1.54, 1.807) is 35.0 Å². The topological polar surface area (TPSA) is 95.8 Å². The van der Waals surface area contributed by atoms with Crippen molar-refractivity contribution in [3.05, 3.63) is 66.0 Å². The number of anilines is 1. The minimum atomic E-state index is -0.457. The Kier molecular flexibility index (Phi) is 3.85. The van der Waals surface area contributed by atoms with E-state index in [2.05, 4.69) is 15.7 Å². The Morgan fingerprint density at radius 1 is 1.15 bits per heavy atom. The predicted octanol–water partition coefficient (Wildman–Crippen LogP) is 1.32. The number of rotatable bonds is 4. The molecule has 4 rings (SSSR count). The van der Waals surface area contributed by atoms with Crippen LogP contribution < -0.4 is 15.5 Å². The van der Waals surface area contributed by atoms with Crippen LogP contribution in [-0.2, 0) is 11.3 Å². The van der Waals surface area contributed by atoms with Gasteiger partial charge in [0.05, 0.1) is 5.52 Å². The van der Waals surface area contributed by atoms with Crippen molar-refractivity contribution in [2.45, 2.75) is 6.54 Å². The summed E-state index contributed by atoms with van der Waals surface area (Å²) < 4.78 is 1.75. The van der Waals surface area contributed by atoms with Crippen molar-refractivity contribution in [1.82, 2.24) is 20.2 Å². The molecule has 1 aliphatic heterocycles. The number of nitrogens with one attached hydrogen (secondary N) is 2. The second-order valence-corrected chi connectivity index (χ2v) is 5.86. The number of hydrogen-bond donors (Lipinski definition) is 2. The van der Waals surface area contributed by atoms with Gasteiger partial charge in [0.2, 0.25) is 5.91 Å². The number of carbonyl (C=O) groups excluding carboxylic acids is 3. The predicted molar refractivity (Wildman–Crippen MR) is 93.7 cm³/mol. The number of carbonyl (C=O) groups is 3. The fourth-order valence-corrected chi connectivity index (χ4v) is 2.88. The fraction of sp³-hybridized carbons (Fsp3) is 0.111. The van der Waals surface area contributed by atoms with Crippen LogP contribution in [0.4, 0.5) is 10.5 Å². The van der Waals surface area contributed by atoms with Gasteiger partial charge in [0, 0.05) is 30.2 Å². The zero-order valence-electron chi connectivity index (χ0n) is 13.7. The smallest absolute Gasteiger partial charge is 0.329 e. The van der Waals surface area contributed by atoms with Gasteiger partial charge in [-0.15, -0.1) is 0 Å². The summed E-state index contributed by atoms with van der Waals surface area (Å²) in [6.07, 6.45) is 3.55. The van der Waals surface area contributed by atoms with Crippen molar-refractivity contribution in [3.8, 4) is 0 Å². The molecule has 0 radical (unpaired) electrons. The molecule has 1 fully saturated rings. The summed E-state index contributed by atoms with van der Waals surface area (Å²) in [7, 11) is 0. The molecule has 3 heterocycles. The van der Waals surface area contributed by atoms with Crippen molar-refractivity contribution in [2.24, 2.45) is 0 Å². The van der Waals surface area contributed by atoms with Crippen LogP contribution in [-0.4, -0.2) is 34.0 Å². The van der Waals surface area contributed by atoms with Crippen LogP contribution in [0.25, 0.3) is 5.52 Å². The van der Waals surface area contributed by atoms with Crippen molar-refractivity contribution < 1.29 is 14.4 Å². The van der Waals surface area contributed by atoms with Gasteiger partial charge in [-0.25, -0.2) is 9.31 Å². The maximum absolute atomic E-state index is 12.4. The third-order valence-electron chi connectivity index (χ3n) is 4.20. The molecule has 2 N–H and O–H groups in total. The van der Waals surface area contributed by atoms with Crippen LogP contribution in [0.15, 0.2) is 54.9 Å². The quantitative estimate of drug-likeness (QED) is 0.695. The average Bonchev–Trinajstić information content (AvgIpc) is 3.26. The highest BCUT2D eigenvalue weighted by molar-refractivity contribution is 6.12. The van der Waals surface area contributed by atoms with Crippen LogP contribution in [0.1, 0.15) is 15.9 Å². The lowest BCUT2D eigenvalue weighted by atomic mass is 10.1. The van der Waals surface area contributed by atoms with E-state index in [0.717, 1.165) is 11.1 Å². The molecule has 26 heavy (non-hydrogen) atoms. The standard InChI is InChI=1S/C18H15N5O3/c24-16-11-22(18(26)21-16)14-5-3-12(4-6-14)17(25)19-10-13-2-1-9-23-15(13)7-8-20-23/h1-9H,10-11H2,(H,19,25)(H,21,24,26). The van der Waals surface area contributed by atoms with Gasteiger partial charge >= 0.3 is 6.03 Å². The Labute approximate surface area is 148 Å². The van der Waals surface area contributed by atoms with Crippen LogP contribution in [0.5, 0.6) is 0 Å². The van der Waals surface area contributed by atoms with Gasteiger partial charge in [0.15, 0.2) is 0 Å². The Morgan fingerprint density at radius 2 is 1.96 bits per heavy atom. The Morgan fingerprint density at radius 3 is 2.69 bits per heavy atom. The maximum Gasteiger partial charge on any atom is 0.329 e. The molecule has 130 valence electrons. The molecule has 0 unspecified atom stereocenters. The van der Waals surface area contributed by atoms with Crippen molar-refractivity contribution in [3.63, 3.8) is 0 Å². The second-order valence-electron chi connectivity index (χ2n) is 5.86. The molecule has 1 aliphatic rings. The molecule has 1 saturated heterocycles. The molecule has 0 aliphatic carbocycles. The monoisotopic (exact) mass is 349 g/mol. The molecular formula is C18H15N5O3. The molecule has 8 nitrogen and oxygen atoms in total. The number of aromatic nitrogens is 2. The third-order valence-corrected chi connectivity index (χ3v) is 4.20. The van der Waals surface area contributed by atoms with E-state index in [4.69, 9.17) is 0 Å². The lowest BCUT2D eigenvalue weighted by molar-refractivity contribution is -0.117. The van der Waals surface area contributed by atoms with Crippen LogP contribution in [0.3, 0.4) is 0 Å². The fourth-order valence-electron chi connectivity index (χ4n) is 2.88. The first kappa shape index (κ1) is 15.8.